The van der Waals surface area contributed by atoms with Crippen LogP contribution in [0.4, 0.5) is 22.7 Å². The van der Waals surface area contributed by atoms with E-state index < -0.39 is 4.92 Å². The molecule has 4 rings (SSSR count). The van der Waals surface area contributed by atoms with Gasteiger partial charge in [0.1, 0.15) is 5.69 Å². The Balaban J connectivity index is 1.60. The second-order valence-electron chi connectivity index (χ2n) is 6.96. The van der Waals surface area contributed by atoms with Gasteiger partial charge in [0, 0.05) is 41.9 Å². The monoisotopic (exact) mass is 402 g/mol. The van der Waals surface area contributed by atoms with E-state index in [1.807, 2.05) is 12.1 Å². The SMILES string of the molecule is CC(=O)c1ccc(Nc2ccc3c(c2)CCN3C(=O)c2cccnc2)c([N+](=O)[O-])c1. The summed E-state index contributed by atoms with van der Waals surface area (Å²) in [5.74, 6) is -0.349. The van der Waals surface area contributed by atoms with Crippen molar-refractivity contribution in [1.82, 2.24) is 4.98 Å². The lowest BCUT2D eigenvalue weighted by Gasteiger charge is -2.17. The Kier molecular flexibility index (Phi) is 4.97. The third kappa shape index (κ3) is 3.62. The number of nitro groups is 1. The molecule has 1 amide bonds. The van der Waals surface area contributed by atoms with Crippen LogP contribution < -0.4 is 10.2 Å². The van der Waals surface area contributed by atoms with Crippen molar-refractivity contribution in [3.63, 3.8) is 0 Å². The van der Waals surface area contributed by atoms with Gasteiger partial charge >= 0.3 is 0 Å². The highest BCUT2D eigenvalue weighted by Gasteiger charge is 2.26. The van der Waals surface area contributed by atoms with Crippen LogP contribution in [0.3, 0.4) is 0 Å². The molecule has 150 valence electrons. The predicted molar refractivity (Wildman–Crippen MR) is 112 cm³/mol. The standard InChI is InChI=1S/C22H18N4O4/c1-14(27)15-4-6-19(21(12-15)26(29)30)24-18-5-7-20-16(11-18)8-10-25(20)22(28)17-3-2-9-23-13-17/h2-7,9,11-13,24H,8,10H2,1H3. The van der Waals surface area contributed by atoms with Crippen molar-refractivity contribution in [2.75, 3.05) is 16.8 Å². The molecular weight excluding hydrogens is 384 g/mol. The topological polar surface area (TPSA) is 105 Å². The minimum Gasteiger partial charge on any atom is -0.350 e. The quantitative estimate of drug-likeness (QED) is 0.391. The minimum atomic E-state index is -0.517. The lowest BCUT2D eigenvalue weighted by Crippen LogP contribution is -2.28. The molecule has 1 aliphatic rings. The Morgan fingerprint density at radius 3 is 2.67 bits per heavy atom. The van der Waals surface area contributed by atoms with Crippen LogP contribution in [0.15, 0.2) is 60.9 Å². The van der Waals surface area contributed by atoms with E-state index in [2.05, 4.69) is 10.3 Å². The van der Waals surface area contributed by atoms with Gasteiger partial charge in [-0.25, -0.2) is 0 Å². The lowest BCUT2D eigenvalue weighted by atomic mass is 10.1. The summed E-state index contributed by atoms with van der Waals surface area (Å²) >= 11 is 0. The fraction of sp³-hybridized carbons (Fsp3) is 0.136. The Bertz CT molecular complexity index is 1160. The molecule has 0 atom stereocenters. The molecule has 1 aromatic heterocycles. The van der Waals surface area contributed by atoms with E-state index in [9.17, 15) is 19.7 Å². The van der Waals surface area contributed by atoms with Crippen molar-refractivity contribution in [2.45, 2.75) is 13.3 Å². The zero-order valence-electron chi connectivity index (χ0n) is 16.2. The van der Waals surface area contributed by atoms with Gasteiger partial charge < -0.3 is 10.2 Å². The van der Waals surface area contributed by atoms with Crippen LogP contribution in [0.1, 0.15) is 33.2 Å². The van der Waals surface area contributed by atoms with Crippen molar-refractivity contribution in [3.8, 4) is 0 Å². The smallest absolute Gasteiger partial charge is 0.293 e. The Morgan fingerprint density at radius 1 is 1.13 bits per heavy atom. The number of pyridine rings is 1. The predicted octanol–water partition coefficient (Wildman–Crippen LogP) is 4.14. The van der Waals surface area contributed by atoms with Crippen LogP contribution in [0.25, 0.3) is 0 Å². The summed E-state index contributed by atoms with van der Waals surface area (Å²) in [4.78, 5) is 40.9. The van der Waals surface area contributed by atoms with E-state index in [0.29, 0.717) is 29.9 Å². The van der Waals surface area contributed by atoms with Crippen molar-refractivity contribution in [2.24, 2.45) is 0 Å². The van der Waals surface area contributed by atoms with Gasteiger partial charge in [-0.3, -0.25) is 24.7 Å². The maximum Gasteiger partial charge on any atom is 0.293 e. The summed E-state index contributed by atoms with van der Waals surface area (Å²) in [6, 6.07) is 13.3. The Labute approximate surface area is 172 Å². The van der Waals surface area contributed by atoms with Gasteiger partial charge in [-0.05, 0) is 61.4 Å². The van der Waals surface area contributed by atoms with Gasteiger partial charge in [-0.2, -0.15) is 0 Å². The van der Waals surface area contributed by atoms with Gasteiger partial charge in [0.2, 0.25) is 0 Å². The fourth-order valence-corrected chi connectivity index (χ4v) is 3.50. The number of anilines is 3. The average molecular weight is 402 g/mol. The van der Waals surface area contributed by atoms with E-state index in [0.717, 1.165) is 11.3 Å². The summed E-state index contributed by atoms with van der Waals surface area (Å²) < 4.78 is 0. The van der Waals surface area contributed by atoms with Crippen molar-refractivity contribution < 1.29 is 14.5 Å². The summed E-state index contributed by atoms with van der Waals surface area (Å²) in [5, 5.41) is 14.5. The molecule has 2 heterocycles. The molecule has 0 saturated carbocycles. The highest BCUT2D eigenvalue weighted by atomic mass is 16.6. The van der Waals surface area contributed by atoms with Gasteiger partial charge in [0.15, 0.2) is 5.78 Å². The number of benzene rings is 2. The van der Waals surface area contributed by atoms with E-state index in [1.54, 1.807) is 41.6 Å². The number of fused-ring (bicyclic) bond motifs is 1. The Morgan fingerprint density at radius 2 is 1.97 bits per heavy atom. The van der Waals surface area contributed by atoms with Crippen molar-refractivity contribution >= 4 is 34.4 Å². The molecule has 0 saturated heterocycles. The maximum absolute atomic E-state index is 12.8. The first kappa shape index (κ1) is 19.3. The van der Waals surface area contributed by atoms with Crippen LogP contribution in [0.2, 0.25) is 0 Å². The number of amides is 1. The van der Waals surface area contributed by atoms with E-state index >= 15 is 0 Å². The molecule has 1 aliphatic heterocycles. The minimum absolute atomic E-state index is 0.113. The number of Topliss-reactive ketones (excluding diaryl/α,β-unsaturated/α-hetero) is 1. The second kappa shape index (κ2) is 7.75. The highest BCUT2D eigenvalue weighted by Crippen LogP contribution is 2.34. The van der Waals surface area contributed by atoms with Crippen LogP contribution in [-0.2, 0) is 6.42 Å². The first-order chi connectivity index (χ1) is 14.4. The van der Waals surface area contributed by atoms with Gasteiger partial charge in [-0.15, -0.1) is 0 Å². The van der Waals surface area contributed by atoms with E-state index in [1.165, 1.54) is 19.1 Å². The van der Waals surface area contributed by atoms with Crippen LogP contribution in [-0.4, -0.2) is 28.1 Å². The molecular formula is C22H18N4O4. The van der Waals surface area contributed by atoms with Crippen LogP contribution >= 0.6 is 0 Å². The number of nitrogens with zero attached hydrogens (tertiary/aromatic N) is 3. The molecule has 1 N–H and O–H groups in total. The van der Waals surface area contributed by atoms with Crippen molar-refractivity contribution in [3.05, 3.63) is 87.7 Å². The lowest BCUT2D eigenvalue weighted by molar-refractivity contribution is -0.383. The normalized spacial score (nSPS) is 12.4. The molecule has 0 fully saturated rings. The largest absolute Gasteiger partial charge is 0.350 e. The highest BCUT2D eigenvalue weighted by molar-refractivity contribution is 6.07. The number of nitro benzene ring substituents is 1. The summed E-state index contributed by atoms with van der Waals surface area (Å²) in [7, 11) is 0. The third-order valence-electron chi connectivity index (χ3n) is 5.01. The molecule has 8 nitrogen and oxygen atoms in total. The molecule has 30 heavy (non-hydrogen) atoms. The molecule has 0 radical (unpaired) electrons. The number of ketones is 1. The third-order valence-corrected chi connectivity index (χ3v) is 5.01. The van der Waals surface area contributed by atoms with Crippen LogP contribution in [0, 0.1) is 10.1 Å². The number of carbonyl (C=O) groups excluding carboxylic acids is 2. The number of hydrogen-bond acceptors (Lipinski definition) is 6. The number of nitrogens with one attached hydrogen (secondary N) is 1. The molecule has 3 aromatic rings. The first-order valence-corrected chi connectivity index (χ1v) is 9.35. The molecule has 0 bridgehead atoms. The zero-order valence-corrected chi connectivity index (χ0v) is 16.2. The van der Waals surface area contributed by atoms with E-state index in [4.69, 9.17) is 0 Å². The maximum atomic E-state index is 12.8. The summed E-state index contributed by atoms with van der Waals surface area (Å²) in [5.41, 5.74) is 3.39. The molecule has 0 spiro atoms. The van der Waals surface area contributed by atoms with Gasteiger partial charge in [0.05, 0.1) is 10.5 Å². The first-order valence-electron chi connectivity index (χ1n) is 9.35. The second-order valence-corrected chi connectivity index (χ2v) is 6.96. The molecule has 0 unspecified atom stereocenters. The van der Waals surface area contributed by atoms with E-state index in [-0.39, 0.29) is 22.9 Å². The van der Waals surface area contributed by atoms with Gasteiger partial charge in [-0.1, -0.05) is 0 Å². The molecule has 0 aliphatic carbocycles. The Hall–Kier alpha value is -4.07. The van der Waals surface area contributed by atoms with Crippen molar-refractivity contribution in [1.29, 1.82) is 0 Å². The number of aromatic nitrogens is 1. The number of carbonyl (C=O) groups is 2. The zero-order chi connectivity index (χ0) is 21.3. The summed E-state index contributed by atoms with van der Waals surface area (Å²) in [6.45, 7) is 1.92. The summed E-state index contributed by atoms with van der Waals surface area (Å²) in [6.07, 6.45) is 3.84. The number of rotatable bonds is 5. The van der Waals surface area contributed by atoms with Gasteiger partial charge in [0.25, 0.3) is 11.6 Å². The van der Waals surface area contributed by atoms with Crippen LogP contribution in [0.5, 0.6) is 0 Å². The molecule has 8 heteroatoms. The fourth-order valence-electron chi connectivity index (χ4n) is 3.50. The number of hydrogen-bond donors (Lipinski definition) is 1. The average Bonchev–Trinajstić information content (AvgIpc) is 3.17. The molecule has 2 aromatic carbocycles.